The van der Waals surface area contributed by atoms with Crippen molar-refractivity contribution in [2.45, 2.75) is 13.8 Å². The van der Waals surface area contributed by atoms with Gasteiger partial charge in [0.2, 0.25) is 0 Å². The van der Waals surface area contributed by atoms with E-state index in [1.165, 1.54) is 0 Å². The van der Waals surface area contributed by atoms with Crippen LogP contribution in [0.2, 0.25) is 0 Å². The molecule has 0 spiro atoms. The van der Waals surface area contributed by atoms with Gasteiger partial charge in [-0.15, -0.1) is 0 Å². The number of amides is 1. The lowest BCUT2D eigenvalue weighted by Gasteiger charge is -2.12. The second-order valence-electron chi connectivity index (χ2n) is 5.59. The zero-order chi connectivity index (χ0) is 17.6. The van der Waals surface area contributed by atoms with Gasteiger partial charge in [0, 0.05) is 18.1 Å². The summed E-state index contributed by atoms with van der Waals surface area (Å²) in [6, 6.07) is 13.1. The maximum Gasteiger partial charge on any atom is 0.255 e. The Morgan fingerprint density at radius 2 is 1.96 bits per heavy atom. The molecule has 0 aliphatic rings. The van der Waals surface area contributed by atoms with Crippen LogP contribution in [-0.2, 0) is 0 Å². The summed E-state index contributed by atoms with van der Waals surface area (Å²) in [6.45, 7) is 4.57. The average Bonchev–Trinajstić information content (AvgIpc) is 3.05. The molecule has 0 aliphatic heterocycles. The van der Waals surface area contributed by atoms with E-state index >= 15 is 0 Å². The maximum atomic E-state index is 12.6. The fraction of sp³-hybridized carbons (Fsp3) is 0.211. The molecule has 0 saturated carbocycles. The summed E-state index contributed by atoms with van der Waals surface area (Å²) in [6.07, 6.45) is 3.49. The van der Waals surface area contributed by atoms with Crippen LogP contribution in [0.25, 0.3) is 5.82 Å². The first-order valence-corrected chi connectivity index (χ1v) is 8.09. The molecule has 1 aromatic carbocycles. The monoisotopic (exact) mass is 336 g/mol. The van der Waals surface area contributed by atoms with Crippen LogP contribution in [0.4, 0.5) is 0 Å². The van der Waals surface area contributed by atoms with E-state index in [0.29, 0.717) is 24.5 Å². The van der Waals surface area contributed by atoms with E-state index in [4.69, 9.17) is 4.74 Å². The van der Waals surface area contributed by atoms with E-state index < -0.39 is 0 Å². The predicted octanol–water partition coefficient (Wildman–Crippen LogP) is 2.69. The lowest BCUT2D eigenvalue weighted by Crippen LogP contribution is -2.29. The Morgan fingerprint density at radius 3 is 2.68 bits per heavy atom. The SMILES string of the molecule is Cc1ccc(C(=O)NCCOc2ccccc2)c(-n2ccnc2C)n1. The van der Waals surface area contributed by atoms with Gasteiger partial charge in [-0.1, -0.05) is 18.2 Å². The average molecular weight is 336 g/mol. The van der Waals surface area contributed by atoms with Gasteiger partial charge in [-0.2, -0.15) is 0 Å². The van der Waals surface area contributed by atoms with Crippen LogP contribution < -0.4 is 10.1 Å². The normalized spacial score (nSPS) is 10.5. The first kappa shape index (κ1) is 16.7. The zero-order valence-corrected chi connectivity index (χ0v) is 14.3. The summed E-state index contributed by atoms with van der Waals surface area (Å²) >= 11 is 0. The van der Waals surface area contributed by atoms with Crippen LogP contribution in [0.5, 0.6) is 5.75 Å². The molecule has 0 fully saturated rings. The molecular weight excluding hydrogens is 316 g/mol. The summed E-state index contributed by atoms with van der Waals surface area (Å²) < 4.78 is 7.40. The Balaban J connectivity index is 1.67. The van der Waals surface area contributed by atoms with E-state index in [1.54, 1.807) is 18.5 Å². The number of nitrogens with zero attached hydrogens (tertiary/aromatic N) is 3. The summed E-state index contributed by atoms with van der Waals surface area (Å²) in [7, 11) is 0. The minimum Gasteiger partial charge on any atom is -0.492 e. The Morgan fingerprint density at radius 1 is 1.16 bits per heavy atom. The Hall–Kier alpha value is -3.15. The topological polar surface area (TPSA) is 69.0 Å². The zero-order valence-electron chi connectivity index (χ0n) is 14.3. The number of ether oxygens (including phenoxy) is 1. The highest BCUT2D eigenvalue weighted by molar-refractivity contribution is 5.97. The molecule has 0 radical (unpaired) electrons. The van der Waals surface area contributed by atoms with Gasteiger partial charge in [-0.25, -0.2) is 9.97 Å². The fourth-order valence-corrected chi connectivity index (χ4v) is 2.45. The van der Waals surface area contributed by atoms with Crippen molar-refractivity contribution >= 4 is 5.91 Å². The van der Waals surface area contributed by atoms with Crippen molar-refractivity contribution < 1.29 is 9.53 Å². The number of para-hydroxylation sites is 1. The summed E-state index contributed by atoms with van der Waals surface area (Å²) in [5, 5.41) is 2.87. The van der Waals surface area contributed by atoms with Gasteiger partial charge in [0.1, 0.15) is 18.2 Å². The Labute approximate surface area is 146 Å². The van der Waals surface area contributed by atoms with Crippen LogP contribution in [0, 0.1) is 13.8 Å². The smallest absolute Gasteiger partial charge is 0.255 e. The summed E-state index contributed by atoms with van der Waals surface area (Å²) in [4.78, 5) is 21.3. The number of rotatable bonds is 6. The molecule has 0 atom stereocenters. The Bertz CT molecular complexity index is 859. The maximum absolute atomic E-state index is 12.6. The number of carbonyl (C=O) groups is 1. The van der Waals surface area contributed by atoms with Gasteiger partial charge >= 0.3 is 0 Å². The molecule has 3 aromatic rings. The fourth-order valence-electron chi connectivity index (χ4n) is 2.45. The minimum atomic E-state index is -0.188. The molecule has 6 nitrogen and oxygen atoms in total. The molecule has 25 heavy (non-hydrogen) atoms. The lowest BCUT2D eigenvalue weighted by atomic mass is 10.2. The predicted molar refractivity (Wildman–Crippen MR) is 95.1 cm³/mol. The number of hydrogen-bond acceptors (Lipinski definition) is 4. The van der Waals surface area contributed by atoms with Gasteiger partial charge in [-0.3, -0.25) is 9.36 Å². The second kappa shape index (κ2) is 7.61. The number of benzene rings is 1. The largest absolute Gasteiger partial charge is 0.492 e. The molecule has 0 unspecified atom stereocenters. The van der Waals surface area contributed by atoms with Gasteiger partial charge in [-0.05, 0) is 38.1 Å². The van der Waals surface area contributed by atoms with E-state index in [9.17, 15) is 4.79 Å². The number of imidazole rings is 1. The number of aromatic nitrogens is 3. The molecule has 3 rings (SSSR count). The third-order valence-electron chi connectivity index (χ3n) is 3.71. The van der Waals surface area contributed by atoms with Gasteiger partial charge < -0.3 is 10.1 Å². The van der Waals surface area contributed by atoms with Crippen molar-refractivity contribution in [3.8, 4) is 11.6 Å². The highest BCUT2D eigenvalue weighted by Gasteiger charge is 2.15. The number of nitrogens with one attached hydrogen (secondary N) is 1. The van der Waals surface area contributed by atoms with Crippen molar-refractivity contribution in [1.29, 1.82) is 0 Å². The molecule has 2 heterocycles. The third-order valence-corrected chi connectivity index (χ3v) is 3.71. The van der Waals surface area contributed by atoms with E-state index in [-0.39, 0.29) is 5.91 Å². The highest BCUT2D eigenvalue weighted by Crippen LogP contribution is 2.15. The highest BCUT2D eigenvalue weighted by atomic mass is 16.5. The standard InChI is InChI=1S/C19H20N4O2/c1-14-8-9-17(18(22-14)23-12-10-20-15(23)2)19(24)21-11-13-25-16-6-4-3-5-7-16/h3-10,12H,11,13H2,1-2H3,(H,21,24). The van der Waals surface area contributed by atoms with Crippen LogP contribution in [0.1, 0.15) is 21.9 Å². The first-order chi connectivity index (χ1) is 12.1. The lowest BCUT2D eigenvalue weighted by molar-refractivity contribution is 0.0946. The quantitative estimate of drug-likeness (QED) is 0.703. The van der Waals surface area contributed by atoms with E-state index in [0.717, 1.165) is 17.3 Å². The number of carbonyl (C=O) groups excluding carboxylic acids is 1. The summed E-state index contributed by atoms with van der Waals surface area (Å²) in [5.74, 6) is 1.95. The third kappa shape index (κ3) is 4.03. The number of pyridine rings is 1. The summed E-state index contributed by atoms with van der Waals surface area (Å²) in [5.41, 5.74) is 1.35. The van der Waals surface area contributed by atoms with Crippen molar-refractivity contribution in [3.05, 3.63) is 71.9 Å². The molecule has 2 aromatic heterocycles. The molecule has 0 saturated heterocycles. The van der Waals surface area contributed by atoms with Crippen LogP contribution in [0.15, 0.2) is 54.9 Å². The molecule has 128 valence electrons. The van der Waals surface area contributed by atoms with Crippen molar-refractivity contribution in [2.75, 3.05) is 13.2 Å². The van der Waals surface area contributed by atoms with Crippen LogP contribution in [-0.4, -0.2) is 33.6 Å². The molecule has 1 amide bonds. The first-order valence-electron chi connectivity index (χ1n) is 8.09. The molecule has 1 N–H and O–H groups in total. The van der Waals surface area contributed by atoms with Crippen molar-refractivity contribution in [1.82, 2.24) is 19.9 Å². The Kier molecular flexibility index (Phi) is 5.09. The molecule has 6 heteroatoms. The molecular formula is C19H20N4O2. The van der Waals surface area contributed by atoms with Gasteiger partial charge in [0.15, 0.2) is 5.82 Å². The van der Waals surface area contributed by atoms with Gasteiger partial charge in [0.25, 0.3) is 5.91 Å². The number of aryl methyl sites for hydroxylation is 2. The van der Waals surface area contributed by atoms with E-state index in [1.807, 2.05) is 54.8 Å². The van der Waals surface area contributed by atoms with Gasteiger partial charge in [0.05, 0.1) is 12.1 Å². The second-order valence-corrected chi connectivity index (χ2v) is 5.59. The molecule has 0 aliphatic carbocycles. The van der Waals surface area contributed by atoms with E-state index in [2.05, 4.69) is 15.3 Å². The minimum absolute atomic E-state index is 0.188. The number of hydrogen-bond donors (Lipinski definition) is 1. The van der Waals surface area contributed by atoms with Crippen molar-refractivity contribution in [2.24, 2.45) is 0 Å². The van der Waals surface area contributed by atoms with Crippen molar-refractivity contribution in [3.63, 3.8) is 0 Å². The van der Waals surface area contributed by atoms with Crippen LogP contribution >= 0.6 is 0 Å². The van der Waals surface area contributed by atoms with Crippen LogP contribution in [0.3, 0.4) is 0 Å². The molecule has 0 bridgehead atoms.